The van der Waals surface area contributed by atoms with E-state index in [4.69, 9.17) is 0 Å². The molecule has 2 nitrogen and oxygen atoms in total. The highest BCUT2D eigenvalue weighted by Gasteiger charge is 2.43. The Labute approximate surface area is 102 Å². The number of allylic oxidation sites excluding steroid dienone is 1. The highest BCUT2D eigenvalue weighted by Crippen LogP contribution is 2.41. The van der Waals surface area contributed by atoms with Crippen LogP contribution in [0.4, 0.5) is 0 Å². The van der Waals surface area contributed by atoms with Gasteiger partial charge >= 0.3 is 5.97 Å². The summed E-state index contributed by atoms with van der Waals surface area (Å²) in [5, 5.41) is 9.64. The Morgan fingerprint density at radius 2 is 2.18 bits per heavy atom. The molecule has 1 atom stereocenters. The van der Waals surface area contributed by atoms with Crippen molar-refractivity contribution in [1.29, 1.82) is 0 Å². The zero-order valence-corrected chi connectivity index (χ0v) is 10.2. The molecule has 1 aromatic carbocycles. The van der Waals surface area contributed by atoms with Crippen molar-refractivity contribution >= 4 is 5.97 Å². The number of fused-ring (bicyclic) bond motifs is 1. The highest BCUT2D eigenvalue weighted by atomic mass is 16.4. The van der Waals surface area contributed by atoms with E-state index in [0.717, 1.165) is 24.0 Å². The third-order valence-corrected chi connectivity index (χ3v) is 3.60. The summed E-state index contributed by atoms with van der Waals surface area (Å²) < 4.78 is 0. The molecule has 0 bridgehead atoms. The zero-order chi connectivity index (χ0) is 12.5. The standard InChI is InChI=1S/C15H18O2/c1-11(2)10-15(14(16)17)9-5-7-12-6-3-4-8-13(12)15/h3-4,6,8H,1,5,7,9-10H2,2H3,(H,16,17). The van der Waals surface area contributed by atoms with Gasteiger partial charge in [-0.2, -0.15) is 0 Å². The molecule has 0 aromatic heterocycles. The number of carboxylic acids is 1. The van der Waals surface area contributed by atoms with Gasteiger partial charge < -0.3 is 5.11 Å². The Morgan fingerprint density at radius 3 is 2.82 bits per heavy atom. The normalized spacial score (nSPS) is 22.9. The van der Waals surface area contributed by atoms with E-state index in [1.807, 2.05) is 31.2 Å². The summed E-state index contributed by atoms with van der Waals surface area (Å²) >= 11 is 0. The number of aliphatic carboxylic acids is 1. The van der Waals surface area contributed by atoms with Crippen molar-refractivity contribution in [2.45, 2.75) is 38.0 Å². The van der Waals surface area contributed by atoms with Crippen LogP contribution in [0.3, 0.4) is 0 Å². The van der Waals surface area contributed by atoms with E-state index >= 15 is 0 Å². The molecule has 1 aliphatic rings. The molecule has 90 valence electrons. The minimum atomic E-state index is -0.749. The molecule has 0 saturated carbocycles. The largest absolute Gasteiger partial charge is 0.481 e. The van der Waals surface area contributed by atoms with E-state index in [2.05, 4.69) is 6.58 Å². The third kappa shape index (κ3) is 1.99. The smallest absolute Gasteiger partial charge is 0.314 e. The fourth-order valence-electron chi connectivity index (χ4n) is 2.92. The number of benzene rings is 1. The van der Waals surface area contributed by atoms with Crippen molar-refractivity contribution in [1.82, 2.24) is 0 Å². The van der Waals surface area contributed by atoms with Crippen LogP contribution in [0.25, 0.3) is 0 Å². The van der Waals surface area contributed by atoms with Crippen LogP contribution in [-0.2, 0) is 16.6 Å². The lowest BCUT2D eigenvalue weighted by Crippen LogP contribution is -2.39. The van der Waals surface area contributed by atoms with Crippen molar-refractivity contribution < 1.29 is 9.90 Å². The van der Waals surface area contributed by atoms with Crippen LogP contribution in [0.1, 0.15) is 37.3 Å². The molecule has 0 radical (unpaired) electrons. The van der Waals surface area contributed by atoms with Gasteiger partial charge in [0.1, 0.15) is 0 Å². The van der Waals surface area contributed by atoms with Crippen molar-refractivity contribution in [3.8, 4) is 0 Å². The minimum absolute atomic E-state index is 0.541. The molecule has 1 N–H and O–H groups in total. The molecule has 1 unspecified atom stereocenters. The monoisotopic (exact) mass is 230 g/mol. The zero-order valence-electron chi connectivity index (χ0n) is 10.2. The van der Waals surface area contributed by atoms with E-state index < -0.39 is 11.4 Å². The van der Waals surface area contributed by atoms with Crippen LogP contribution in [0.5, 0.6) is 0 Å². The summed E-state index contributed by atoms with van der Waals surface area (Å²) in [6, 6.07) is 7.92. The second-order valence-corrected chi connectivity index (χ2v) is 5.03. The quantitative estimate of drug-likeness (QED) is 0.809. The van der Waals surface area contributed by atoms with Crippen molar-refractivity contribution in [2.75, 3.05) is 0 Å². The van der Waals surface area contributed by atoms with Gasteiger partial charge in [0.25, 0.3) is 0 Å². The molecular weight excluding hydrogens is 212 g/mol. The second-order valence-electron chi connectivity index (χ2n) is 5.03. The average Bonchev–Trinajstić information content (AvgIpc) is 2.28. The molecule has 0 amide bonds. The van der Waals surface area contributed by atoms with Crippen molar-refractivity contribution in [2.24, 2.45) is 0 Å². The average molecular weight is 230 g/mol. The predicted octanol–water partition coefficient (Wildman–Crippen LogP) is 3.31. The van der Waals surface area contributed by atoms with E-state index in [1.165, 1.54) is 5.56 Å². The van der Waals surface area contributed by atoms with Gasteiger partial charge in [-0.15, -0.1) is 6.58 Å². The first kappa shape index (κ1) is 11.9. The molecule has 2 rings (SSSR count). The number of hydrogen-bond donors (Lipinski definition) is 1. The Kier molecular flexibility index (Phi) is 3.05. The van der Waals surface area contributed by atoms with E-state index in [-0.39, 0.29) is 0 Å². The molecule has 0 heterocycles. The van der Waals surface area contributed by atoms with Crippen LogP contribution < -0.4 is 0 Å². The lowest BCUT2D eigenvalue weighted by Gasteiger charge is -2.35. The van der Waals surface area contributed by atoms with Gasteiger partial charge in [0.05, 0.1) is 5.41 Å². The number of carboxylic acid groups (broad SMARTS) is 1. The first-order valence-corrected chi connectivity index (χ1v) is 6.02. The van der Waals surface area contributed by atoms with Gasteiger partial charge in [0, 0.05) is 0 Å². The van der Waals surface area contributed by atoms with Crippen LogP contribution in [0.2, 0.25) is 0 Å². The molecule has 1 aliphatic carbocycles. The van der Waals surface area contributed by atoms with Gasteiger partial charge in [-0.25, -0.2) is 0 Å². The molecule has 17 heavy (non-hydrogen) atoms. The molecule has 0 saturated heterocycles. The van der Waals surface area contributed by atoms with E-state index in [1.54, 1.807) is 0 Å². The Morgan fingerprint density at radius 1 is 1.47 bits per heavy atom. The van der Waals surface area contributed by atoms with Crippen molar-refractivity contribution in [3.05, 3.63) is 47.5 Å². The lowest BCUT2D eigenvalue weighted by atomic mass is 9.67. The first-order chi connectivity index (χ1) is 8.06. The second kappa shape index (κ2) is 4.36. The van der Waals surface area contributed by atoms with Gasteiger partial charge in [0.2, 0.25) is 0 Å². The third-order valence-electron chi connectivity index (χ3n) is 3.60. The number of rotatable bonds is 3. The molecule has 2 heteroatoms. The Bertz CT molecular complexity index is 462. The summed E-state index contributed by atoms with van der Waals surface area (Å²) in [4.78, 5) is 11.7. The van der Waals surface area contributed by atoms with Crippen LogP contribution in [0.15, 0.2) is 36.4 Å². The minimum Gasteiger partial charge on any atom is -0.481 e. The van der Waals surface area contributed by atoms with Crippen LogP contribution in [-0.4, -0.2) is 11.1 Å². The highest BCUT2D eigenvalue weighted by molar-refractivity contribution is 5.82. The van der Waals surface area contributed by atoms with Gasteiger partial charge in [-0.3, -0.25) is 4.79 Å². The topological polar surface area (TPSA) is 37.3 Å². The molecular formula is C15H18O2. The maximum absolute atomic E-state index is 11.7. The van der Waals surface area contributed by atoms with Crippen LogP contribution in [0, 0.1) is 0 Å². The van der Waals surface area contributed by atoms with E-state index in [0.29, 0.717) is 12.8 Å². The van der Waals surface area contributed by atoms with Gasteiger partial charge in [-0.1, -0.05) is 29.8 Å². The summed E-state index contributed by atoms with van der Waals surface area (Å²) in [6.45, 7) is 5.79. The summed E-state index contributed by atoms with van der Waals surface area (Å²) in [5.74, 6) is -0.715. The summed E-state index contributed by atoms with van der Waals surface area (Å²) in [5.41, 5.74) is 2.36. The number of hydrogen-bond acceptors (Lipinski definition) is 1. The van der Waals surface area contributed by atoms with Crippen molar-refractivity contribution in [3.63, 3.8) is 0 Å². The van der Waals surface area contributed by atoms with E-state index in [9.17, 15) is 9.90 Å². The maximum Gasteiger partial charge on any atom is 0.314 e. The molecule has 0 fully saturated rings. The molecule has 0 aliphatic heterocycles. The lowest BCUT2D eigenvalue weighted by molar-refractivity contribution is -0.144. The summed E-state index contributed by atoms with van der Waals surface area (Å²) in [6.07, 6.45) is 3.18. The predicted molar refractivity (Wildman–Crippen MR) is 68.1 cm³/mol. The summed E-state index contributed by atoms with van der Waals surface area (Å²) in [7, 11) is 0. The Hall–Kier alpha value is -1.57. The Balaban J connectivity index is 2.55. The first-order valence-electron chi connectivity index (χ1n) is 6.02. The number of carbonyl (C=O) groups is 1. The molecule has 1 aromatic rings. The number of aryl methyl sites for hydroxylation is 1. The maximum atomic E-state index is 11.7. The van der Waals surface area contributed by atoms with Gasteiger partial charge in [0.15, 0.2) is 0 Å². The van der Waals surface area contributed by atoms with Gasteiger partial charge in [-0.05, 0) is 43.7 Å². The van der Waals surface area contributed by atoms with Crippen LogP contribution >= 0.6 is 0 Å². The fraction of sp³-hybridized carbons (Fsp3) is 0.400. The molecule has 0 spiro atoms. The fourth-order valence-corrected chi connectivity index (χ4v) is 2.92. The SMILES string of the molecule is C=C(C)CC1(C(=O)O)CCCc2ccccc21.